The number of carbonyl (C=O) groups excluding carboxylic acids is 2. The van der Waals surface area contributed by atoms with E-state index in [0.29, 0.717) is 35.7 Å². The molecule has 2 aromatic rings. The molecule has 2 unspecified atom stereocenters. The van der Waals surface area contributed by atoms with Crippen molar-refractivity contribution in [3.8, 4) is 0 Å². The number of anilines is 1. The van der Waals surface area contributed by atoms with Crippen LogP contribution in [-0.4, -0.2) is 37.6 Å². The third kappa shape index (κ3) is 5.72. The molecule has 2 amide bonds. The van der Waals surface area contributed by atoms with Crippen LogP contribution in [0.25, 0.3) is 0 Å². The summed E-state index contributed by atoms with van der Waals surface area (Å²) < 4.78 is 27.6. The van der Waals surface area contributed by atoms with Gasteiger partial charge in [0.2, 0.25) is 11.8 Å². The SMILES string of the molecule is CCC(=O)Nc1ccc(C(C)NC(=O)C2CCCN(S(=O)(=O)c3ccc(C)s3)C2)cc1. The highest BCUT2D eigenvalue weighted by Crippen LogP contribution is 2.28. The second-order valence-electron chi connectivity index (χ2n) is 7.82. The number of thiophene rings is 1. The van der Waals surface area contributed by atoms with Gasteiger partial charge in [0.05, 0.1) is 12.0 Å². The smallest absolute Gasteiger partial charge is 0.252 e. The normalized spacial score (nSPS) is 18.4. The summed E-state index contributed by atoms with van der Waals surface area (Å²) in [5, 5.41) is 5.80. The Kier molecular flexibility index (Phi) is 7.51. The minimum Gasteiger partial charge on any atom is -0.349 e. The Morgan fingerprint density at radius 1 is 1.19 bits per heavy atom. The fraction of sp³-hybridized carbons (Fsp3) is 0.455. The van der Waals surface area contributed by atoms with Crippen LogP contribution < -0.4 is 10.6 Å². The van der Waals surface area contributed by atoms with Crippen molar-refractivity contribution in [1.82, 2.24) is 9.62 Å². The molecule has 1 aromatic heterocycles. The predicted octanol–water partition coefficient (Wildman–Crippen LogP) is 3.68. The molecule has 1 aliphatic rings. The maximum atomic E-state index is 12.9. The summed E-state index contributed by atoms with van der Waals surface area (Å²) in [6, 6.07) is 10.6. The zero-order valence-electron chi connectivity index (χ0n) is 18.1. The van der Waals surface area contributed by atoms with Crippen LogP contribution in [-0.2, 0) is 19.6 Å². The van der Waals surface area contributed by atoms with Gasteiger partial charge in [-0.1, -0.05) is 19.1 Å². The lowest BCUT2D eigenvalue weighted by Crippen LogP contribution is -2.45. The lowest BCUT2D eigenvalue weighted by molar-refractivity contribution is -0.126. The van der Waals surface area contributed by atoms with Gasteiger partial charge in [0.1, 0.15) is 4.21 Å². The number of amides is 2. The number of nitrogens with zero attached hydrogens (tertiary/aromatic N) is 1. The molecule has 1 aliphatic heterocycles. The number of sulfonamides is 1. The first kappa shape index (κ1) is 23.4. The maximum absolute atomic E-state index is 12.9. The first-order valence-corrected chi connectivity index (χ1v) is 12.7. The van der Waals surface area contributed by atoms with Gasteiger partial charge in [-0.15, -0.1) is 11.3 Å². The molecule has 31 heavy (non-hydrogen) atoms. The summed E-state index contributed by atoms with van der Waals surface area (Å²) in [6.45, 7) is 6.19. The molecule has 168 valence electrons. The highest BCUT2D eigenvalue weighted by molar-refractivity contribution is 7.91. The van der Waals surface area contributed by atoms with Gasteiger partial charge in [-0.25, -0.2) is 8.42 Å². The van der Waals surface area contributed by atoms with E-state index in [1.807, 2.05) is 38.1 Å². The Hall–Kier alpha value is -2.23. The average molecular weight is 464 g/mol. The summed E-state index contributed by atoms with van der Waals surface area (Å²) in [4.78, 5) is 25.3. The van der Waals surface area contributed by atoms with E-state index >= 15 is 0 Å². The van der Waals surface area contributed by atoms with E-state index in [2.05, 4.69) is 10.6 Å². The molecule has 1 saturated heterocycles. The van der Waals surface area contributed by atoms with Crippen molar-refractivity contribution in [2.75, 3.05) is 18.4 Å². The second kappa shape index (κ2) is 9.93. The van der Waals surface area contributed by atoms with E-state index in [1.165, 1.54) is 15.6 Å². The van der Waals surface area contributed by atoms with Crippen molar-refractivity contribution in [3.05, 3.63) is 46.8 Å². The van der Waals surface area contributed by atoms with Crippen molar-refractivity contribution in [1.29, 1.82) is 0 Å². The van der Waals surface area contributed by atoms with E-state index in [9.17, 15) is 18.0 Å². The van der Waals surface area contributed by atoms with E-state index in [0.717, 1.165) is 10.4 Å². The van der Waals surface area contributed by atoms with Gasteiger partial charge >= 0.3 is 0 Å². The number of hydrogen-bond donors (Lipinski definition) is 2. The summed E-state index contributed by atoms with van der Waals surface area (Å²) in [6.07, 6.45) is 1.73. The van der Waals surface area contributed by atoms with Gasteiger partial charge in [-0.2, -0.15) is 4.31 Å². The van der Waals surface area contributed by atoms with E-state index in [4.69, 9.17) is 0 Å². The van der Waals surface area contributed by atoms with Gasteiger partial charge in [0.15, 0.2) is 0 Å². The number of piperidine rings is 1. The van der Waals surface area contributed by atoms with Crippen LogP contribution in [0.2, 0.25) is 0 Å². The van der Waals surface area contributed by atoms with Gasteiger partial charge in [0.25, 0.3) is 10.0 Å². The van der Waals surface area contributed by atoms with Crippen LogP contribution >= 0.6 is 11.3 Å². The molecule has 0 saturated carbocycles. The van der Waals surface area contributed by atoms with E-state index in [-0.39, 0.29) is 30.3 Å². The molecule has 7 nitrogen and oxygen atoms in total. The van der Waals surface area contributed by atoms with Crippen molar-refractivity contribution < 1.29 is 18.0 Å². The van der Waals surface area contributed by atoms with Crippen molar-refractivity contribution in [2.45, 2.75) is 50.3 Å². The number of rotatable bonds is 7. The van der Waals surface area contributed by atoms with Crippen molar-refractivity contribution in [2.24, 2.45) is 5.92 Å². The lowest BCUT2D eigenvalue weighted by Gasteiger charge is -2.31. The summed E-state index contributed by atoms with van der Waals surface area (Å²) >= 11 is 1.26. The van der Waals surface area contributed by atoms with Crippen LogP contribution in [0.4, 0.5) is 5.69 Å². The molecule has 0 spiro atoms. The molecule has 0 bridgehead atoms. The monoisotopic (exact) mass is 463 g/mol. The Labute approximate surface area is 187 Å². The highest BCUT2D eigenvalue weighted by Gasteiger charge is 2.34. The highest BCUT2D eigenvalue weighted by atomic mass is 32.2. The maximum Gasteiger partial charge on any atom is 0.252 e. The topological polar surface area (TPSA) is 95.6 Å². The Balaban J connectivity index is 1.61. The minimum absolute atomic E-state index is 0.0522. The minimum atomic E-state index is -3.57. The molecule has 0 radical (unpaired) electrons. The van der Waals surface area contributed by atoms with Crippen LogP contribution in [0.15, 0.2) is 40.6 Å². The van der Waals surface area contributed by atoms with E-state index in [1.54, 1.807) is 19.1 Å². The Morgan fingerprint density at radius 2 is 1.90 bits per heavy atom. The molecule has 2 heterocycles. The van der Waals surface area contributed by atoms with Gasteiger partial charge in [-0.05, 0) is 56.5 Å². The number of benzene rings is 1. The van der Waals surface area contributed by atoms with Crippen LogP contribution in [0.3, 0.4) is 0 Å². The molecular formula is C22H29N3O4S2. The first-order valence-electron chi connectivity index (χ1n) is 10.5. The van der Waals surface area contributed by atoms with Gasteiger partial charge in [0, 0.05) is 30.1 Å². The second-order valence-corrected chi connectivity index (χ2v) is 11.3. The molecule has 2 N–H and O–H groups in total. The zero-order chi connectivity index (χ0) is 22.6. The predicted molar refractivity (Wildman–Crippen MR) is 122 cm³/mol. The number of carbonyl (C=O) groups is 2. The number of aryl methyl sites for hydroxylation is 1. The third-order valence-electron chi connectivity index (χ3n) is 5.44. The van der Waals surface area contributed by atoms with Gasteiger partial charge in [-0.3, -0.25) is 9.59 Å². The Bertz CT molecular complexity index is 1030. The van der Waals surface area contributed by atoms with Crippen LogP contribution in [0.1, 0.15) is 49.6 Å². The summed E-state index contributed by atoms with van der Waals surface area (Å²) in [7, 11) is -3.57. The van der Waals surface area contributed by atoms with Crippen LogP contribution in [0.5, 0.6) is 0 Å². The molecule has 1 aromatic carbocycles. The number of nitrogens with one attached hydrogen (secondary N) is 2. The standard InChI is InChI=1S/C22H29N3O4S2/c1-4-20(26)24-19-10-8-17(9-11-19)16(3)23-22(27)18-6-5-13-25(14-18)31(28,29)21-12-7-15(2)30-21/h7-12,16,18H,4-6,13-14H2,1-3H3,(H,23,27)(H,24,26). The average Bonchev–Trinajstić information content (AvgIpc) is 3.21. The molecule has 0 aliphatic carbocycles. The number of hydrogen-bond acceptors (Lipinski definition) is 5. The van der Waals surface area contributed by atoms with E-state index < -0.39 is 10.0 Å². The van der Waals surface area contributed by atoms with Crippen molar-refractivity contribution in [3.63, 3.8) is 0 Å². The molecule has 2 atom stereocenters. The van der Waals surface area contributed by atoms with Crippen molar-refractivity contribution >= 4 is 38.9 Å². The first-order chi connectivity index (χ1) is 14.7. The fourth-order valence-electron chi connectivity index (χ4n) is 3.57. The molecular weight excluding hydrogens is 434 g/mol. The zero-order valence-corrected chi connectivity index (χ0v) is 19.7. The fourth-order valence-corrected chi connectivity index (χ4v) is 6.53. The third-order valence-corrected chi connectivity index (χ3v) is 8.77. The van der Waals surface area contributed by atoms with Crippen LogP contribution in [0, 0.1) is 12.8 Å². The lowest BCUT2D eigenvalue weighted by atomic mass is 9.98. The molecule has 3 rings (SSSR count). The summed E-state index contributed by atoms with van der Waals surface area (Å²) in [5.74, 6) is -0.572. The quantitative estimate of drug-likeness (QED) is 0.655. The summed E-state index contributed by atoms with van der Waals surface area (Å²) in [5.41, 5.74) is 1.63. The Morgan fingerprint density at radius 3 is 2.52 bits per heavy atom. The van der Waals surface area contributed by atoms with Gasteiger partial charge < -0.3 is 10.6 Å². The molecule has 1 fully saturated rings. The largest absolute Gasteiger partial charge is 0.349 e. The molecule has 9 heteroatoms.